The minimum absolute atomic E-state index is 0.0711. The molecule has 2 aliphatic rings. The zero-order chi connectivity index (χ0) is 42.0. The minimum Gasteiger partial charge on any atom is -0.391 e. The Morgan fingerprint density at radius 3 is 1.43 bits per heavy atom. The third-order valence-electron chi connectivity index (χ3n) is 11.9. The molecule has 2 fully saturated rings. The first kappa shape index (κ1) is 42.7. The minimum atomic E-state index is -0.817. The predicted octanol–water partition coefficient (Wildman–Crippen LogP) is 2.61. The molecule has 2 aliphatic heterocycles. The Morgan fingerprint density at radius 2 is 1.09 bits per heavy atom. The Bertz CT molecular complexity index is 2010. The van der Waals surface area contributed by atoms with Crippen molar-refractivity contribution >= 4 is 45.4 Å². The van der Waals surface area contributed by atoms with Crippen LogP contribution in [0.15, 0.2) is 36.4 Å². The predicted molar refractivity (Wildman–Crippen MR) is 217 cm³/mol. The van der Waals surface area contributed by atoms with E-state index in [2.05, 4.69) is 31.2 Å². The molecule has 4 aromatic rings. The van der Waals surface area contributed by atoms with Gasteiger partial charge in [0.25, 0.3) is 0 Å². The molecule has 0 aliphatic carbocycles. The van der Waals surface area contributed by atoms with E-state index >= 15 is 0 Å². The number of benzene rings is 2. The maximum absolute atomic E-state index is 14.8. The van der Waals surface area contributed by atoms with Crippen LogP contribution in [0.5, 0.6) is 0 Å². The van der Waals surface area contributed by atoms with Gasteiger partial charge in [0.1, 0.15) is 23.7 Å². The number of H-pyrrole nitrogens is 2. The van der Waals surface area contributed by atoms with Gasteiger partial charge in [-0.2, -0.15) is 0 Å². The number of hydrogen-bond donors (Lipinski definition) is 8. The van der Waals surface area contributed by atoms with E-state index in [4.69, 9.17) is 0 Å². The molecule has 8 atom stereocenters. The number of nitrogens with one attached hydrogen (secondary N) is 6. The lowest BCUT2D eigenvalue weighted by Gasteiger charge is -2.30. The molecule has 0 bridgehead atoms. The van der Waals surface area contributed by atoms with Crippen LogP contribution in [-0.4, -0.2) is 129 Å². The van der Waals surface area contributed by atoms with Crippen LogP contribution in [0.2, 0.25) is 0 Å². The topological polar surface area (TPSA) is 195 Å². The summed E-state index contributed by atoms with van der Waals surface area (Å²) in [6, 6.07) is 5.13. The highest BCUT2D eigenvalue weighted by Crippen LogP contribution is 2.40. The number of aliphatic hydroxyl groups is 2. The second-order valence-electron chi connectivity index (χ2n) is 15.8. The zero-order valence-electron chi connectivity index (χ0n) is 33.9. The first-order chi connectivity index (χ1) is 27.7. The fourth-order valence-electron chi connectivity index (χ4n) is 8.42. The highest BCUT2D eigenvalue weighted by Gasteiger charge is 2.41. The van der Waals surface area contributed by atoms with Crippen molar-refractivity contribution in [3.05, 3.63) is 59.2 Å². The SMILES string of the molecule is CC[C@H](NC(=O)[C@H](C)NC)C(=O)N1C[C@@H](O)C[C@H]1Cc1c(-c2[nH]c3cc(F)ccc3c2C[C@H]2C[C@@H](O)CN2C(=O)[C@H](CC)NC(=O)[C@H](C)NC)[nH]c2cc(F)ccc12. The summed E-state index contributed by atoms with van der Waals surface area (Å²) in [5, 5.41) is 34.7. The van der Waals surface area contributed by atoms with Crippen LogP contribution in [0.4, 0.5) is 8.78 Å². The van der Waals surface area contributed by atoms with Crippen molar-refractivity contribution in [1.29, 1.82) is 0 Å². The molecular formula is C42H56F2N8O6. The average molecular weight is 807 g/mol. The lowest BCUT2D eigenvalue weighted by Crippen LogP contribution is -2.53. The van der Waals surface area contributed by atoms with E-state index in [1.807, 2.05) is 13.8 Å². The molecule has 314 valence electrons. The summed E-state index contributed by atoms with van der Waals surface area (Å²) < 4.78 is 29.6. The van der Waals surface area contributed by atoms with Crippen molar-refractivity contribution in [2.24, 2.45) is 0 Å². The molecule has 2 aromatic carbocycles. The quantitative estimate of drug-likeness (QED) is 0.0899. The Balaban J connectivity index is 1.40. The fraction of sp³-hybridized carbons (Fsp3) is 0.524. The first-order valence-corrected chi connectivity index (χ1v) is 20.2. The number of β-amino-alcohol motifs (C(OH)–C–C–N with tert-alkyl or cyclic N) is 2. The number of aromatic amines is 2. The third kappa shape index (κ3) is 8.75. The van der Waals surface area contributed by atoms with Crippen molar-refractivity contribution in [2.45, 2.75) is 115 Å². The second-order valence-corrected chi connectivity index (χ2v) is 15.8. The monoisotopic (exact) mass is 806 g/mol. The number of aromatic nitrogens is 2. The molecule has 0 unspecified atom stereocenters. The molecule has 14 nitrogen and oxygen atoms in total. The maximum Gasteiger partial charge on any atom is 0.245 e. The number of likely N-dealkylation sites (tertiary alicyclic amines) is 2. The van der Waals surface area contributed by atoms with Gasteiger partial charge >= 0.3 is 0 Å². The fourth-order valence-corrected chi connectivity index (χ4v) is 8.42. The number of amides is 4. The van der Waals surface area contributed by atoms with Crippen molar-refractivity contribution in [3.63, 3.8) is 0 Å². The molecular weight excluding hydrogens is 751 g/mol. The standard InChI is InChI=1S/C42H56F2N8O6/c1-7-33(49-39(55)21(3)45-5)41(57)51-19-27(53)15-25(51)17-31-29-11-9-23(43)13-35(29)47-37(31)38-32(30-12-10-24(44)14-36(30)48-38)18-26-16-28(54)20-52(26)42(58)34(8-2)50-40(56)22(4)46-6/h9-14,21-22,25-28,33-34,45-48,53-54H,7-8,15-20H2,1-6H3,(H,49,55)(H,50,56)/t21-,22-,25-,26+,27-,28+,33-,34-/m0/s1. The number of likely N-dealkylation sites (N-methyl/N-ethyl adjacent to an activating group) is 2. The van der Waals surface area contributed by atoms with E-state index in [0.29, 0.717) is 46.0 Å². The van der Waals surface area contributed by atoms with E-state index in [1.165, 1.54) is 24.3 Å². The summed E-state index contributed by atoms with van der Waals surface area (Å²) in [5.74, 6) is -2.21. The van der Waals surface area contributed by atoms with Gasteiger partial charge in [-0.3, -0.25) is 19.2 Å². The third-order valence-corrected chi connectivity index (χ3v) is 11.9. The summed E-state index contributed by atoms with van der Waals surface area (Å²) in [4.78, 5) is 63.7. The lowest BCUT2D eigenvalue weighted by molar-refractivity contribution is -0.138. The normalized spacial score (nSPS) is 21.7. The van der Waals surface area contributed by atoms with Crippen molar-refractivity contribution < 1.29 is 38.2 Å². The molecule has 6 rings (SSSR count). The number of aliphatic hydroxyl groups excluding tert-OH is 2. The lowest BCUT2D eigenvalue weighted by atomic mass is 9.94. The first-order valence-electron chi connectivity index (χ1n) is 20.2. The highest BCUT2D eigenvalue weighted by molar-refractivity contribution is 5.97. The summed E-state index contributed by atoms with van der Waals surface area (Å²) in [6.07, 6.45) is 0.0738. The van der Waals surface area contributed by atoms with E-state index in [9.17, 15) is 38.2 Å². The van der Waals surface area contributed by atoms with Crippen LogP contribution in [0.3, 0.4) is 0 Å². The molecule has 8 N–H and O–H groups in total. The number of carbonyl (C=O) groups is 4. The van der Waals surface area contributed by atoms with Gasteiger partial charge in [0.2, 0.25) is 23.6 Å². The number of nitrogens with zero attached hydrogens (tertiary/aromatic N) is 2. The Kier molecular flexibility index (Phi) is 13.2. The van der Waals surface area contributed by atoms with Gasteiger partial charge in [0, 0.05) is 47.0 Å². The van der Waals surface area contributed by atoms with Gasteiger partial charge < -0.3 is 51.2 Å². The molecule has 4 heterocycles. The molecule has 16 heteroatoms. The molecule has 2 saturated heterocycles. The van der Waals surface area contributed by atoms with Crippen LogP contribution in [-0.2, 0) is 32.0 Å². The smallest absolute Gasteiger partial charge is 0.245 e. The molecule has 2 aromatic heterocycles. The van der Waals surface area contributed by atoms with E-state index in [-0.39, 0.29) is 62.4 Å². The Labute approximate surface area is 336 Å². The van der Waals surface area contributed by atoms with Gasteiger partial charge in [0.05, 0.1) is 35.7 Å². The van der Waals surface area contributed by atoms with E-state index in [1.54, 1.807) is 49.9 Å². The largest absolute Gasteiger partial charge is 0.391 e. The molecule has 4 amide bonds. The Hall–Kier alpha value is -4.90. The van der Waals surface area contributed by atoms with E-state index in [0.717, 1.165) is 11.1 Å². The van der Waals surface area contributed by atoms with E-state index < -0.39 is 60.1 Å². The van der Waals surface area contributed by atoms with Crippen LogP contribution in [0.1, 0.15) is 64.5 Å². The van der Waals surface area contributed by atoms with Gasteiger partial charge in [0.15, 0.2) is 0 Å². The average Bonchev–Trinajstić information content (AvgIpc) is 3.96. The zero-order valence-corrected chi connectivity index (χ0v) is 33.9. The van der Waals surface area contributed by atoms with Gasteiger partial charge in [-0.05, 0) is 114 Å². The number of fused-ring (bicyclic) bond motifs is 2. The maximum atomic E-state index is 14.8. The number of hydrogen-bond acceptors (Lipinski definition) is 8. The molecule has 0 saturated carbocycles. The van der Waals surface area contributed by atoms with Gasteiger partial charge in [-0.25, -0.2) is 8.78 Å². The number of halogens is 2. The molecule has 0 spiro atoms. The number of carbonyl (C=O) groups excluding carboxylic acids is 4. The van der Waals surface area contributed by atoms with Crippen molar-refractivity contribution in [3.8, 4) is 11.4 Å². The second kappa shape index (κ2) is 17.9. The highest BCUT2D eigenvalue weighted by atomic mass is 19.1. The van der Waals surface area contributed by atoms with Crippen LogP contribution in [0.25, 0.3) is 33.2 Å². The van der Waals surface area contributed by atoms with Crippen molar-refractivity contribution in [1.82, 2.24) is 41.0 Å². The van der Waals surface area contributed by atoms with Gasteiger partial charge in [-0.15, -0.1) is 0 Å². The van der Waals surface area contributed by atoms with Crippen LogP contribution in [0, 0.1) is 11.6 Å². The van der Waals surface area contributed by atoms with Crippen molar-refractivity contribution in [2.75, 3.05) is 27.2 Å². The summed E-state index contributed by atoms with van der Waals surface area (Å²) in [7, 11) is 3.31. The molecule has 58 heavy (non-hydrogen) atoms. The van der Waals surface area contributed by atoms with Crippen LogP contribution >= 0.6 is 0 Å². The molecule has 0 radical (unpaired) electrons. The summed E-state index contributed by atoms with van der Waals surface area (Å²) in [5.41, 5.74) is 3.58. The summed E-state index contributed by atoms with van der Waals surface area (Å²) >= 11 is 0. The number of rotatable bonds is 15. The summed E-state index contributed by atoms with van der Waals surface area (Å²) in [6.45, 7) is 7.15. The van der Waals surface area contributed by atoms with Gasteiger partial charge in [-0.1, -0.05) is 13.8 Å². The van der Waals surface area contributed by atoms with Crippen LogP contribution < -0.4 is 21.3 Å². The Morgan fingerprint density at radius 1 is 0.707 bits per heavy atom.